The maximum Gasteiger partial charge on any atom is 0.245 e. The van der Waals surface area contributed by atoms with Crippen molar-refractivity contribution in [1.82, 2.24) is 19.9 Å². The molecule has 0 radical (unpaired) electrons. The first-order chi connectivity index (χ1) is 17.1. The molecule has 0 saturated carbocycles. The van der Waals surface area contributed by atoms with E-state index < -0.39 is 0 Å². The lowest BCUT2D eigenvalue weighted by Crippen LogP contribution is -2.49. The van der Waals surface area contributed by atoms with E-state index in [-0.39, 0.29) is 18.1 Å². The van der Waals surface area contributed by atoms with Crippen LogP contribution in [0.15, 0.2) is 42.6 Å². The predicted molar refractivity (Wildman–Crippen MR) is 134 cm³/mol. The molecule has 2 fully saturated rings. The van der Waals surface area contributed by atoms with Gasteiger partial charge in [-0.3, -0.25) is 9.78 Å². The standard InChI is InChI=1S/C27H33N5O3/c1-3-34-22-9-10-24-23(17-22)19(2)29-27(30-24)32-14-6-8-25(32)26(33)31-15-11-21(12-16-31)35-18-20-7-4-5-13-28-20/h4-5,7,9-10,13,17,21,25H,3,6,8,11-12,14-16,18H2,1-2H3. The Labute approximate surface area is 206 Å². The molecule has 1 aromatic carbocycles. The first kappa shape index (κ1) is 23.5. The van der Waals surface area contributed by atoms with Crippen molar-refractivity contribution in [1.29, 1.82) is 0 Å². The van der Waals surface area contributed by atoms with Gasteiger partial charge in [-0.1, -0.05) is 6.07 Å². The quantitative estimate of drug-likeness (QED) is 0.513. The van der Waals surface area contributed by atoms with Crippen molar-refractivity contribution < 1.29 is 14.3 Å². The minimum Gasteiger partial charge on any atom is -0.494 e. The average molecular weight is 476 g/mol. The number of nitrogens with zero attached hydrogens (tertiary/aromatic N) is 5. The number of benzene rings is 1. The largest absolute Gasteiger partial charge is 0.494 e. The van der Waals surface area contributed by atoms with Crippen LogP contribution in [0.2, 0.25) is 0 Å². The van der Waals surface area contributed by atoms with Gasteiger partial charge in [0.2, 0.25) is 11.9 Å². The van der Waals surface area contributed by atoms with Gasteiger partial charge >= 0.3 is 0 Å². The molecule has 8 nitrogen and oxygen atoms in total. The topological polar surface area (TPSA) is 80.7 Å². The van der Waals surface area contributed by atoms with Crippen molar-refractivity contribution in [2.24, 2.45) is 0 Å². The fourth-order valence-corrected chi connectivity index (χ4v) is 5.03. The smallest absolute Gasteiger partial charge is 0.245 e. The van der Waals surface area contributed by atoms with Gasteiger partial charge < -0.3 is 19.3 Å². The average Bonchev–Trinajstić information content (AvgIpc) is 3.38. The van der Waals surface area contributed by atoms with Gasteiger partial charge in [0.05, 0.1) is 36.2 Å². The van der Waals surface area contributed by atoms with Gasteiger partial charge in [0.1, 0.15) is 11.8 Å². The van der Waals surface area contributed by atoms with Crippen LogP contribution in [-0.4, -0.2) is 64.1 Å². The molecule has 35 heavy (non-hydrogen) atoms. The lowest BCUT2D eigenvalue weighted by molar-refractivity contribution is -0.135. The number of rotatable bonds is 7. The predicted octanol–water partition coefficient (Wildman–Crippen LogP) is 3.91. The summed E-state index contributed by atoms with van der Waals surface area (Å²) in [7, 11) is 0. The number of carbonyl (C=O) groups excluding carboxylic acids is 1. The summed E-state index contributed by atoms with van der Waals surface area (Å²) in [5, 5.41) is 0.981. The van der Waals surface area contributed by atoms with E-state index in [9.17, 15) is 4.79 Å². The number of aromatic nitrogens is 3. The molecule has 2 saturated heterocycles. The zero-order valence-electron chi connectivity index (χ0n) is 20.5. The Morgan fingerprint density at radius 2 is 1.94 bits per heavy atom. The van der Waals surface area contributed by atoms with E-state index in [1.165, 1.54) is 0 Å². The van der Waals surface area contributed by atoms with E-state index in [4.69, 9.17) is 19.4 Å². The monoisotopic (exact) mass is 475 g/mol. The molecule has 1 amide bonds. The molecule has 184 valence electrons. The lowest BCUT2D eigenvalue weighted by Gasteiger charge is -2.35. The molecule has 3 aromatic rings. The van der Waals surface area contributed by atoms with Crippen molar-refractivity contribution in [3.63, 3.8) is 0 Å². The Morgan fingerprint density at radius 1 is 1.09 bits per heavy atom. The molecular weight excluding hydrogens is 442 g/mol. The normalized spacial score (nSPS) is 18.9. The number of anilines is 1. The van der Waals surface area contributed by atoms with Crippen molar-refractivity contribution in [3.8, 4) is 5.75 Å². The highest BCUT2D eigenvalue weighted by atomic mass is 16.5. The van der Waals surface area contributed by atoms with Gasteiger partial charge in [-0.05, 0) is 69.9 Å². The minimum atomic E-state index is -0.208. The molecule has 2 aliphatic rings. The van der Waals surface area contributed by atoms with E-state index in [0.717, 1.165) is 60.3 Å². The van der Waals surface area contributed by atoms with Crippen molar-refractivity contribution in [2.45, 2.75) is 58.3 Å². The van der Waals surface area contributed by atoms with Crippen molar-refractivity contribution >= 4 is 22.8 Å². The zero-order chi connectivity index (χ0) is 24.2. The van der Waals surface area contributed by atoms with Crippen LogP contribution >= 0.6 is 0 Å². The number of piperidine rings is 1. The Hall–Kier alpha value is -3.26. The molecule has 8 heteroatoms. The maximum absolute atomic E-state index is 13.5. The number of hydrogen-bond acceptors (Lipinski definition) is 7. The van der Waals surface area contributed by atoms with Crippen LogP contribution in [0.1, 0.15) is 44.0 Å². The maximum atomic E-state index is 13.5. The van der Waals surface area contributed by atoms with Gasteiger partial charge in [-0.25, -0.2) is 9.97 Å². The van der Waals surface area contributed by atoms with Crippen LogP contribution in [0, 0.1) is 6.92 Å². The van der Waals surface area contributed by atoms with E-state index in [0.29, 0.717) is 32.3 Å². The summed E-state index contributed by atoms with van der Waals surface area (Å²) in [4.78, 5) is 31.5. The summed E-state index contributed by atoms with van der Waals surface area (Å²) < 4.78 is 11.7. The first-order valence-electron chi connectivity index (χ1n) is 12.6. The van der Waals surface area contributed by atoms with Gasteiger partial charge in [-0.2, -0.15) is 0 Å². The summed E-state index contributed by atoms with van der Waals surface area (Å²) in [6, 6.07) is 11.5. The Morgan fingerprint density at radius 3 is 2.71 bits per heavy atom. The number of hydrogen-bond donors (Lipinski definition) is 0. The summed E-state index contributed by atoms with van der Waals surface area (Å²) in [5.74, 6) is 1.64. The van der Waals surface area contributed by atoms with Crippen molar-refractivity contribution in [3.05, 3.63) is 54.0 Å². The summed E-state index contributed by atoms with van der Waals surface area (Å²) in [5.41, 5.74) is 2.71. The number of ether oxygens (including phenoxy) is 2. The summed E-state index contributed by atoms with van der Waals surface area (Å²) in [6.45, 7) is 7.32. The number of fused-ring (bicyclic) bond motifs is 1. The number of amides is 1. The Bertz CT molecular complexity index is 1160. The zero-order valence-corrected chi connectivity index (χ0v) is 20.5. The molecule has 1 unspecified atom stereocenters. The Balaban J connectivity index is 1.23. The molecule has 0 N–H and O–H groups in total. The van der Waals surface area contributed by atoms with Crippen LogP contribution in [0.4, 0.5) is 5.95 Å². The molecule has 0 spiro atoms. The number of carbonyl (C=O) groups is 1. The van der Waals surface area contributed by atoms with Crippen molar-refractivity contribution in [2.75, 3.05) is 31.1 Å². The molecule has 5 rings (SSSR count). The van der Waals surface area contributed by atoms with Crippen LogP contribution < -0.4 is 9.64 Å². The first-order valence-corrected chi connectivity index (χ1v) is 12.6. The fraction of sp³-hybridized carbons (Fsp3) is 0.481. The van der Waals surface area contributed by atoms with Crippen LogP contribution in [0.25, 0.3) is 10.9 Å². The molecule has 4 heterocycles. The highest BCUT2D eigenvalue weighted by molar-refractivity contribution is 5.87. The molecule has 0 bridgehead atoms. The fourth-order valence-electron chi connectivity index (χ4n) is 5.03. The van der Waals surface area contributed by atoms with E-state index in [1.54, 1.807) is 6.20 Å². The summed E-state index contributed by atoms with van der Waals surface area (Å²) in [6.07, 6.45) is 5.43. The molecule has 1 atom stereocenters. The van der Waals surface area contributed by atoms with Crippen LogP contribution in [0.3, 0.4) is 0 Å². The molecule has 0 aliphatic carbocycles. The Kier molecular flexibility index (Phi) is 7.08. The summed E-state index contributed by atoms with van der Waals surface area (Å²) >= 11 is 0. The van der Waals surface area contributed by atoms with Crippen LogP contribution in [-0.2, 0) is 16.1 Å². The lowest BCUT2D eigenvalue weighted by atomic mass is 10.1. The second-order valence-corrected chi connectivity index (χ2v) is 9.23. The van der Waals surface area contributed by atoms with E-state index in [2.05, 4.69) is 9.88 Å². The highest BCUT2D eigenvalue weighted by Gasteiger charge is 2.36. The van der Waals surface area contributed by atoms with Gasteiger partial charge in [0, 0.05) is 31.2 Å². The third kappa shape index (κ3) is 5.22. The molecular formula is C27H33N5O3. The van der Waals surface area contributed by atoms with Gasteiger partial charge in [0.25, 0.3) is 0 Å². The second kappa shape index (κ2) is 10.6. The number of pyridine rings is 1. The second-order valence-electron chi connectivity index (χ2n) is 9.23. The SMILES string of the molecule is CCOc1ccc2nc(N3CCCC3C(=O)N3CCC(OCc4ccccn4)CC3)nc(C)c2c1. The van der Waals surface area contributed by atoms with E-state index in [1.807, 2.05) is 55.1 Å². The third-order valence-electron chi connectivity index (χ3n) is 6.90. The minimum absolute atomic E-state index is 0.161. The third-order valence-corrected chi connectivity index (χ3v) is 6.90. The number of aryl methyl sites for hydroxylation is 1. The van der Waals surface area contributed by atoms with Gasteiger partial charge in [0.15, 0.2) is 0 Å². The van der Waals surface area contributed by atoms with E-state index >= 15 is 0 Å². The van der Waals surface area contributed by atoms with Gasteiger partial charge in [-0.15, -0.1) is 0 Å². The highest BCUT2D eigenvalue weighted by Crippen LogP contribution is 2.29. The molecule has 2 aromatic heterocycles. The van der Waals surface area contributed by atoms with Crippen LogP contribution in [0.5, 0.6) is 5.75 Å². The molecule has 2 aliphatic heterocycles. The number of likely N-dealkylation sites (tertiary alicyclic amines) is 1.